The molecule has 4 rings (SSSR count). The minimum absolute atomic E-state index is 0.0479. The second kappa shape index (κ2) is 8.72. The van der Waals surface area contributed by atoms with Gasteiger partial charge in [-0.1, -0.05) is 19.9 Å². The van der Waals surface area contributed by atoms with Gasteiger partial charge < -0.3 is 10.5 Å². The van der Waals surface area contributed by atoms with Crippen LogP contribution in [0.4, 0.5) is 23.2 Å². The van der Waals surface area contributed by atoms with Crippen LogP contribution in [-0.4, -0.2) is 12.1 Å². The van der Waals surface area contributed by atoms with E-state index in [1.807, 2.05) is 13.8 Å². The van der Waals surface area contributed by atoms with E-state index < -0.39 is 29.3 Å². The van der Waals surface area contributed by atoms with Crippen LogP contribution in [0.15, 0.2) is 69.6 Å². The normalized spacial score (nSPS) is 20.0. The third kappa shape index (κ3) is 4.78. The largest absolute Gasteiger partial charge is 0.573 e. The van der Waals surface area contributed by atoms with Gasteiger partial charge in [-0.05, 0) is 69.7 Å². The fourth-order valence-corrected chi connectivity index (χ4v) is 5.02. The van der Waals surface area contributed by atoms with E-state index in [2.05, 4.69) is 26.7 Å². The van der Waals surface area contributed by atoms with Crippen LogP contribution in [0, 0.1) is 22.6 Å². The second-order valence-corrected chi connectivity index (χ2v) is 10.1. The van der Waals surface area contributed by atoms with Crippen LogP contribution in [0.3, 0.4) is 0 Å². The molecule has 0 fully saturated rings. The Bertz CT molecular complexity index is 1310. The van der Waals surface area contributed by atoms with Crippen molar-refractivity contribution < 1.29 is 27.1 Å². The molecule has 35 heavy (non-hydrogen) atoms. The number of allylic oxidation sites excluding steroid dienone is 3. The first-order chi connectivity index (χ1) is 16.3. The van der Waals surface area contributed by atoms with Crippen LogP contribution in [0.2, 0.25) is 0 Å². The summed E-state index contributed by atoms with van der Waals surface area (Å²) >= 11 is 3.16. The van der Waals surface area contributed by atoms with Crippen molar-refractivity contribution in [3.63, 3.8) is 0 Å². The highest BCUT2D eigenvalue weighted by Crippen LogP contribution is 2.50. The molecule has 1 unspecified atom stereocenters. The molecule has 10 heteroatoms. The number of carbonyl (C=O) groups is 1. The summed E-state index contributed by atoms with van der Waals surface area (Å²) in [7, 11) is 0. The number of nitriles is 1. The van der Waals surface area contributed by atoms with E-state index in [1.54, 1.807) is 4.90 Å². The van der Waals surface area contributed by atoms with E-state index >= 15 is 0 Å². The molecule has 2 N–H and O–H groups in total. The Labute approximate surface area is 207 Å². The third-order valence-electron chi connectivity index (χ3n) is 5.99. The molecular weight excluding hydrogens is 530 g/mol. The van der Waals surface area contributed by atoms with Crippen molar-refractivity contribution >= 4 is 27.4 Å². The van der Waals surface area contributed by atoms with Crippen molar-refractivity contribution in [3.05, 3.63) is 81.0 Å². The summed E-state index contributed by atoms with van der Waals surface area (Å²) in [6.45, 7) is 3.85. The van der Waals surface area contributed by atoms with Crippen molar-refractivity contribution in [2.24, 2.45) is 11.1 Å². The van der Waals surface area contributed by atoms with Gasteiger partial charge in [0.1, 0.15) is 17.4 Å². The molecule has 0 spiro atoms. The standard InChI is InChI=1S/C25H20BrF4N3O2/c1-24(2)10-19-22(20(34)11-24)21(13-3-8-18(27)17(26)9-13)16(12-31)23(32)33(19)14-4-6-15(7-5-14)35-25(28,29)30/h3-9,21H,10-11,32H2,1-2H3. The number of alkyl halides is 3. The van der Waals surface area contributed by atoms with Crippen LogP contribution in [0.25, 0.3) is 0 Å². The summed E-state index contributed by atoms with van der Waals surface area (Å²) in [5.41, 5.74) is 7.96. The number of nitrogens with zero attached hydrogens (tertiary/aromatic N) is 2. The van der Waals surface area contributed by atoms with Crippen LogP contribution in [-0.2, 0) is 4.79 Å². The number of benzene rings is 2. The molecule has 0 saturated heterocycles. The Balaban J connectivity index is 1.90. The zero-order valence-electron chi connectivity index (χ0n) is 18.7. The summed E-state index contributed by atoms with van der Waals surface area (Å²) in [6.07, 6.45) is -4.19. The van der Waals surface area contributed by atoms with Crippen LogP contribution in [0.1, 0.15) is 38.2 Å². The summed E-state index contributed by atoms with van der Waals surface area (Å²) < 4.78 is 55.9. The molecule has 182 valence electrons. The van der Waals surface area contributed by atoms with Crippen molar-refractivity contribution in [1.29, 1.82) is 5.26 Å². The number of hydrogen-bond donors (Lipinski definition) is 1. The maximum absolute atomic E-state index is 13.9. The van der Waals surface area contributed by atoms with E-state index in [4.69, 9.17) is 5.73 Å². The minimum atomic E-state index is -4.84. The highest BCUT2D eigenvalue weighted by atomic mass is 79.9. The van der Waals surface area contributed by atoms with E-state index in [1.165, 1.54) is 30.3 Å². The fraction of sp³-hybridized carbons (Fsp3) is 0.280. The maximum Gasteiger partial charge on any atom is 0.573 e. The third-order valence-corrected chi connectivity index (χ3v) is 6.59. The number of rotatable bonds is 3. The summed E-state index contributed by atoms with van der Waals surface area (Å²) in [6, 6.07) is 11.4. The highest BCUT2D eigenvalue weighted by molar-refractivity contribution is 9.10. The number of halogens is 5. The molecule has 1 aliphatic heterocycles. The number of hydrogen-bond acceptors (Lipinski definition) is 5. The zero-order valence-corrected chi connectivity index (χ0v) is 20.3. The Morgan fingerprint density at radius 3 is 2.40 bits per heavy atom. The number of Topliss-reactive ketones (excluding diaryl/α,β-unsaturated/α-hetero) is 1. The van der Waals surface area contributed by atoms with Crippen LogP contribution >= 0.6 is 15.9 Å². The molecule has 2 aromatic carbocycles. The number of ether oxygens (including phenoxy) is 1. The predicted octanol–water partition coefficient (Wildman–Crippen LogP) is 6.43. The first kappa shape index (κ1) is 24.8. The minimum Gasteiger partial charge on any atom is -0.406 e. The van der Waals surface area contributed by atoms with Gasteiger partial charge in [-0.15, -0.1) is 13.2 Å². The van der Waals surface area contributed by atoms with Crippen molar-refractivity contribution in [1.82, 2.24) is 0 Å². The van der Waals surface area contributed by atoms with Crippen LogP contribution in [0.5, 0.6) is 5.75 Å². The Morgan fingerprint density at radius 1 is 1.17 bits per heavy atom. The lowest BCUT2D eigenvalue weighted by Crippen LogP contribution is -2.42. The first-order valence-corrected chi connectivity index (χ1v) is 11.4. The van der Waals surface area contributed by atoms with Gasteiger partial charge >= 0.3 is 6.36 Å². The smallest absolute Gasteiger partial charge is 0.406 e. The average molecular weight is 550 g/mol. The molecule has 2 aromatic rings. The Hall–Kier alpha value is -3.32. The van der Waals surface area contributed by atoms with Gasteiger partial charge in [0.25, 0.3) is 0 Å². The molecule has 0 radical (unpaired) electrons. The molecule has 1 heterocycles. The maximum atomic E-state index is 13.9. The summed E-state index contributed by atoms with van der Waals surface area (Å²) in [5, 5.41) is 10.1. The first-order valence-electron chi connectivity index (χ1n) is 10.6. The Kier molecular flexibility index (Phi) is 6.18. The second-order valence-electron chi connectivity index (χ2n) is 9.20. The summed E-state index contributed by atoms with van der Waals surface area (Å²) in [5.74, 6) is -1.84. The molecular formula is C25H20BrF4N3O2. The van der Waals surface area contributed by atoms with Crippen LogP contribution < -0.4 is 15.4 Å². The SMILES string of the molecule is CC1(C)CC(=O)C2=C(C1)N(c1ccc(OC(F)(F)F)cc1)C(N)=C(C#N)C2c1ccc(F)c(Br)c1. The lowest BCUT2D eigenvalue weighted by Gasteiger charge is -2.43. The highest BCUT2D eigenvalue weighted by Gasteiger charge is 2.44. The zero-order chi connectivity index (χ0) is 25.7. The summed E-state index contributed by atoms with van der Waals surface area (Å²) in [4.78, 5) is 15.0. The molecule has 0 aromatic heterocycles. The topological polar surface area (TPSA) is 79.3 Å². The van der Waals surface area contributed by atoms with Gasteiger partial charge in [-0.2, -0.15) is 5.26 Å². The van der Waals surface area contributed by atoms with Crippen molar-refractivity contribution in [3.8, 4) is 11.8 Å². The van der Waals surface area contributed by atoms with Gasteiger partial charge in [0.15, 0.2) is 5.78 Å². The lowest BCUT2D eigenvalue weighted by atomic mass is 9.68. The van der Waals surface area contributed by atoms with E-state index in [-0.39, 0.29) is 28.1 Å². The number of carbonyl (C=O) groups excluding carboxylic acids is 1. The molecule has 0 amide bonds. The molecule has 1 atom stereocenters. The van der Waals surface area contributed by atoms with Crippen molar-refractivity contribution in [2.45, 2.75) is 39.0 Å². The van der Waals surface area contributed by atoms with Gasteiger partial charge in [-0.3, -0.25) is 9.69 Å². The number of ketones is 1. The van der Waals surface area contributed by atoms with Gasteiger partial charge in [0.2, 0.25) is 0 Å². The fourth-order valence-electron chi connectivity index (χ4n) is 4.63. The van der Waals surface area contributed by atoms with E-state index in [0.29, 0.717) is 28.9 Å². The monoisotopic (exact) mass is 549 g/mol. The predicted molar refractivity (Wildman–Crippen MR) is 124 cm³/mol. The van der Waals surface area contributed by atoms with Crippen molar-refractivity contribution in [2.75, 3.05) is 4.90 Å². The van der Waals surface area contributed by atoms with E-state index in [9.17, 15) is 27.6 Å². The molecule has 0 bridgehead atoms. The van der Waals surface area contributed by atoms with E-state index in [0.717, 1.165) is 12.1 Å². The number of nitrogens with two attached hydrogens (primary N) is 1. The Morgan fingerprint density at radius 2 is 1.83 bits per heavy atom. The van der Waals surface area contributed by atoms with Gasteiger partial charge in [0.05, 0.1) is 22.0 Å². The van der Waals surface area contributed by atoms with Gasteiger partial charge in [-0.25, -0.2) is 4.39 Å². The molecule has 2 aliphatic rings. The average Bonchev–Trinajstić information content (AvgIpc) is 2.74. The number of anilines is 1. The molecule has 0 saturated carbocycles. The molecule has 5 nitrogen and oxygen atoms in total. The quantitative estimate of drug-likeness (QED) is 0.446. The van der Waals surface area contributed by atoms with Gasteiger partial charge in [0, 0.05) is 23.4 Å². The lowest BCUT2D eigenvalue weighted by molar-refractivity contribution is -0.274. The molecule has 1 aliphatic carbocycles.